The first kappa shape index (κ1) is 26.0. The number of aliphatic imine (C=N–C) groups is 2. The molecule has 3 aromatic rings. The zero-order chi connectivity index (χ0) is 25.6. The van der Waals surface area contributed by atoms with E-state index in [1.54, 1.807) is 31.8 Å². The molecule has 0 spiro atoms. The average Bonchev–Trinajstić information content (AvgIpc) is 3.23. The maximum absolute atomic E-state index is 13.0. The number of carbonyl (C=O) groups is 1. The van der Waals surface area contributed by atoms with E-state index >= 15 is 0 Å². The molecule has 11 heteroatoms. The lowest BCUT2D eigenvalue weighted by Gasteiger charge is -2.16. The fourth-order valence-electron chi connectivity index (χ4n) is 3.46. The monoisotopic (exact) mass is 503 g/mol. The molecule has 0 aliphatic carbocycles. The molecule has 3 rings (SSSR count). The summed E-state index contributed by atoms with van der Waals surface area (Å²) in [6.45, 7) is 7.71. The molecule has 8 nitrogen and oxygen atoms in total. The van der Waals surface area contributed by atoms with Gasteiger partial charge < -0.3 is 19.4 Å². The molecule has 0 unspecified atom stereocenters. The quantitative estimate of drug-likeness (QED) is 0.216. The fraction of sp³-hybridized carbons (Fsp3) is 0.250. The Kier molecular flexibility index (Phi) is 8.31. The molecule has 1 N–H and O–H groups in total. The van der Waals surface area contributed by atoms with Gasteiger partial charge in [-0.25, -0.2) is 9.98 Å². The molecule has 1 atom stereocenters. The smallest absolute Gasteiger partial charge is 0.420 e. The van der Waals surface area contributed by atoms with Crippen molar-refractivity contribution in [2.24, 2.45) is 9.98 Å². The molecule has 0 radical (unpaired) electrons. The number of rotatable bonds is 10. The van der Waals surface area contributed by atoms with Gasteiger partial charge in [-0.2, -0.15) is 0 Å². The second-order valence-electron chi connectivity index (χ2n) is 7.63. The summed E-state index contributed by atoms with van der Waals surface area (Å²) >= 11 is 4.78. The Bertz CT molecular complexity index is 1270. The highest BCUT2D eigenvalue weighted by molar-refractivity contribution is 6.20. The first-order valence-corrected chi connectivity index (χ1v) is 10.8. The van der Waals surface area contributed by atoms with E-state index in [1.165, 1.54) is 30.6 Å². The van der Waals surface area contributed by atoms with Crippen molar-refractivity contribution < 1.29 is 23.0 Å². The van der Waals surface area contributed by atoms with Gasteiger partial charge in [0.2, 0.25) is 0 Å². The van der Waals surface area contributed by atoms with Crippen LogP contribution < -0.4 is 10.1 Å². The van der Waals surface area contributed by atoms with Crippen molar-refractivity contribution in [2.45, 2.75) is 25.5 Å². The highest BCUT2D eigenvalue weighted by Crippen LogP contribution is 2.30. The number of aromatic nitrogens is 2. The van der Waals surface area contributed by atoms with Crippen LogP contribution in [0.2, 0.25) is 0 Å². The second-order valence-corrected chi connectivity index (χ2v) is 8.07. The van der Waals surface area contributed by atoms with Crippen LogP contribution in [0.5, 0.6) is 5.75 Å². The Labute approximate surface area is 205 Å². The first-order valence-electron chi connectivity index (χ1n) is 10.4. The number of methoxy groups -OCH3 is 1. The van der Waals surface area contributed by atoms with Crippen LogP contribution in [-0.2, 0) is 4.74 Å². The van der Waals surface area contributed by atoms with E-state index in [0.29, 0.717) is 23.4 Å². The number of benzene rings is 2. The lowest BCUT2D eigenvalue weighted by atomic mass is 10.0. The van der Waals surface area contributed by atoms with Gasteiger partial charge in [-0.05, 0) is 62.5 Å². The Hall–Kier alpha value is -3.63. The van der Waals surface area contributed by atoms with Crippen LogP contribution in [0.1, 0.15) is 35.8 Å². The van der Waals surface area contributed by atoms with Crippen LogP contribution in [0.25, 0.3) is 16.6 Å². The van der Waals surface area contributed by atoms with Gasteiger partial charge in [-0.1, -0.05) is 0 Å². The predicted octanol–water partition coefficient (Wildman–Crippen LogP) is 5.75. The molecular weight excluding hydrogens is 480 g/mol. The highest BCUT2D eigenvalue weighted by Gasteiger charge is 2.27. The minimum absolute atomic E-state index is 0.00401. The number of alkyl halides is 3. The molecule has 0 aliphatic heterocycles. The molecule has 1 aromatic heterocycles. The number of carbonyl (C=O) groups excluding carboxylic acids is 1. The molecule has 1 amide bonds. The average molecular weight is 504 g/mol. The number of allylic oxidation sites excluding steroid dienone is 1. The second kappa shape index (κ2) is 11.2. The van der Waals surface area contributed by atoms with Gasteiger partial charge in [-0.15, -0.1) is 8.78 Å². The number of anilines is 1. The largest absolute Gasteiger partial charge is 0.487 e. The highest BCUT2D eigenvalue weighted by atomic mass is 35.5. The van der Waals surface area contributed by atoms with E-state index in [-0.39, 0.29) is 11.8 Å². The molecule has 0 bridgehead atoms. The number of ether oxygens (including phenoxy) is 2. The Morgan fingerprint density at radius 1 is 1.34 bits per heavy atom. The van der Waals surface area contributed by atoms with E-state index in [2.05, 4.69) is 31.7 Å². The standard InChI is InChI=1S/C24H24ClF2N5O3/c1-15(11-29-13-28-3)20-9-17(10-21-22(20)32(14-30-21)16(2)12-34-4)23(33)31-18-5-7-19(8-6-18)35-24(25,26)27/h5-11,13-14,16H,3,12H2,1-2,4H3,(H,31,33)/b15-11+,29-13-/t16-/m1/s1. The Balaban J connectivity index is 1.98. The van der Waals surface area contributed by atoms with E-state index in [1.807, 2.05) is 18.4 Å². The van der Waals surface area contributed by atoms with Crippen molar-refractivity contribution in [2.75, 3.05) is 19.0 Å². The summed E-state index contributed by atoms with van der Waals surface area (Å²) in [5, 5.41) is 2.74. The summed E-state index contributed by atoms with van der Waals surface area (Å²) in [7, 11) is 1.63. The Morgan fingerprint density at radius 2 is 2.06 bits per heavy atom. The van der Waals surface area contributed by atoms with Crippen molar-refractivity contribution in [1.82, 2.24) is 9.55 Å². The summed E-state index contributed by atoms with van der Waals surface area (Å²) in [6, 6.07) is 8.82. The first-order chi connectivity index (χ1) is 16.6. The molecule has 0 fully saturated rings. The third kappa shape index (κ3) is 6.71. The summed E-state index contributed by atoms with van der Waals surface area (Å²) in [5.74, 6) is -0.550. The van der Waals surface area contributed by atoms with Crippen molar-refractivity contribution in [3.05, 3.63) is 60.1 Å². The van der Waals surface area contributed by atoms with Gasteiger partial charge in [0.05, 0.1) is 30.0 Å². The fourth-order valence-corrected chi connectivity index (χ4v) is 3.55. The molecule has 184 valence electrons. The van der Waals surface area contributed by atoms with Gasteiger partial charge in [0.1, 0.15) is 12.1 Å². The molecular formula is C24H24ClF2N5O3. The van der Waals surface area contributed by atoms with Gasteiger partial charge in [-0.3, -0.25) is 9.79 Å². The van der Waals surface area contributed by atoms with Crippen molar-refractivity contribution >= 4 is 52.9 Å². The van der Waals surface area contributed by atoms with E-state index in [9.17, 15) is 13.6 Å². The molecule has 0 saturated heterocycles. The number of amides is 1. The van der Waals surface area contributed by atoms with Gasteiger partial charge in [0, 0.05) is 41.7 Å². The normalized spacial score (nSPS) is 13.3. The lowest BCUT2D eigenvalue weighted by Crippen LogP contribution is -2.16. The topological polar surface area (TPSA) is 90.1 Å². The van der Waals surface area contributed by atoms with E-state index in [0.717, 1.165) is 16.7 Å². The maximum Gasteiger partial charge on any atom is 0.487 e. The summed E-state index contributed by atoms with van der Waals surface area (Å²) in [4.78, 5) is 25.2. The van der Waals surface area contributed by atoms with Crippen molar-refractivity contribution in [3.63, 3.8) is 0 Å². The van der Waals surface area contributed by atoms with Gasteiger partial charge >= 0.3 is 5.57 Å². The number of hydrogen-bond donors (Lipinski definition) is 1. The molecule has 0 saturated carbocycles. The SMILES string of the molecule is C=N/C=N\C=C(/C)c1cc(C(=O)Nc2ccc(OC(F)(F)Cl)cc2)cc2ncn([C@H](C)COC)c12. The van der Waals surface area contributed by atoms with E-state index < -0.39 is 11.5 Å². The maximum atomic E-state index is 13.0. The zero-order valence-electron chi connectivity index (χ0n) is 19.3. The molecule has 0 aliphatic rings. The third-order valence-corrected chi connectivity index (χ3v) is 5.08. The number of halogens is 3. The minimum Gasteiger partial charge on any atom is -0.420 e. The Morgan fingerprint density at radius 3 is 2.69 bits per heavy atom. The third-order valence-electron chi connectivity index (χ3n) is 5.00. The van der Waals surface area contributed by atoms with Crippen molar-refractivity contribution in [1.29, 1.82) is 0 Å². The zero-order valence-corrected chi connectivity index (χ0v) is 20.1. The summed E-state index contributed by atoms with van der Waals surface area (Å²) in [6.07, 6.45) is 4.64. The molecule has 1 heterocycles. The number of nitrogens with one attached hydrogen (secondary N) is 1. The van der Waals surface area contributed by atoms with Gasteiger partial charge in [0.15, 0.2) is 0 Å². The van der Waals surface area contributed by atoms with E-state index in [4.69, 9.17) is 16.3 Å². The van der Waals surface area contributed by atoms with Crippen LogP contribution in [-0.4, -0.2) is 47.8 Å². The van der Waals surface area contributed by atoms with Crippen LogP contribution in [0.3, 0.4) is 0 Å². The van der Waals surface area contributed by atoms with Crippen LogP contribution in [0, 0.1) is 0 Å². The number of imidazole rings is 1. The molecule has 2 aromatic carbocycles. The predicted molar refractivity (Wildman–Crippen MR) is 134 cm³/mol. The van der Waals surface area contributed by atoms with Crippen LogP contribution in [0.15, 0.2) is 58.9 Å². The lowest BCUT2D eigenvalue weighted by molar-refractivity contribution is -0.0964. The van der Waals surface area contributed by atoms with Crippen molar-refractivity contribution in [3.8, 4) is 5.75 Å². The van der Waals surface area contributed by atoms with Crippen LogP contribution in [0.4, 0.5) is 14.5 Å². The minimum atomic E-state index is -3.82. The number of nitrogens with zero attached hydrogens (tertiary/aromatic N) is 4. The molecule has 35 heavy (non-hydrogen) atoms. The van der Waals surface area contributed by atoms with Crippen LogP contribution >= 0.6 is 11.6 Å². The summed E-state index contributed by atoms with van der Waals surface area (Å²) in [5.41, 5.74) is -0.120. The van der Waals surface area contributed by atoms with Gasteiger partial charge in [0.25, 0.3) is 5.91 Å². The number of hydrogen-bond acceptors (Lipinski definition) is 5. The summed E-state index contributed by atoms with van der Waals surface area (Å²) < 4.78 is 37.2. The number of fused-ring (bicyclic) bond motifs is 1.